The van der Waals surface area contributed by atoms with Crippen molar-refractivity contribution in [3.8, 4) is 6.07 Å². The van der Waals surface area contributed by atoms with E-state index in [-0.39, 0.29) is 36.8 Å². The Balaban J connectivity index is 1.65. The number of amides is 3. The summed E-state index contributed by atoms with van der Waals surface area (Å²) in [5.74, 6) is -6.23. The Morgan fingerprint density at radius 3 is 2.36 bits per heavy atom. The van der Waals surface area contributed by atoms with Crippen LogP contribution in [0.5, 0.6) is 0 Å². The molecule has 0 saturated carbocycles. The fourth-order valence-electron chi connectivity index (χ4n) is 6.41. The first-order valence-electron chi connectivity index (χ1n) is 15.6. The van der Waals surface area contributed by atoms with Gasteiger partial charge in [-0.25, -0.2) is 13.2 Å². The minimum atomic E-state index is -1.74. The molecule has 1 saturated heterocycles. The van der Waals surface area contributed by atoms with Crippen LogP contribution in [-0.2, 0) is 35.8 Å². The monoisotopic (exact) mass is 654 g/mol. The number of benzene rings is 2. The van der Waals surface area contributed by atoms with E-state index < -0.39 is 76.6 Å². The fourth-order valence-corrected chi connectivity index (χ4v) is 6.41. The molecule has 1 fully saturated rings. The van der Waals surface area contributed by atoms with Crippen molar-refractivity contribution in [1.29, 1.82) is 5.26 Å². The lowest BCUT2D eigenvalue weighted by atomic mass is 9.79. The molecule has 0 aromatic heterocycles. The zero-order valence-electron chi connectivity index (χ0n) is 27.7. The number of carbonyl (C=O) groups excluding carboxylic acids is 4. The maximum absolute atomic E-state index is 14.8. The molecule has 9 nitrogen and oxygen atoms in total. The molecule has 0 unspecified atom stereocenters. The van der Waals surface area contributed by atoms with Crippen molar-refractivity contribution in [2.24, 2.45) is 11.3 Å². The van der Waals surface area contributed by atoms with Crippen LogP contribution in [0.1, 0.15) is 71.9 Å². The van der Waals surface area contributed by atoms with Crippen LogP contribution in [0, 0.1) is 40.1 Å². The molecule has 0 radical (unpaired) electrons. The third-order valence-electron chi connectivity index (χ3n) is 8.86. The molecule has 2 aromatic rings. The topological polar surface area (TPSA) is 120 Å². The highest BCUT2D eigenvalue weighted by atomic mass is 19.2. The number of halogens is 3. The average Bonchev–Trinajstić information content (AvgIpc) is 3.50. The highest BCUT2D eigenvalue weighted by Crippen LogP contribution is 2.46. The molecule has 2 aliphatic rings. The number of rotatable bonds is 9. The van der Waals surface area contributed by atoms with E-state index in [1.807, 2.05) is 13.8 Å². The first-order chi connectivity index (χ1) is 21.8. The van der Waals surface area contributed by atoms with E-state index in [4.69, 9.17) is 4.74 Å². The van der Waals surface area contributed by atoms with Gasteiger partial charge in [-0.15, -0.1) is 0 Å². The number of para-hydroxylation sites is 1. The van der Waals surface area contributed by atoms with Crippen molar-refractivity contribution in [2.45, 2.75) is 90.3 Å². The summed E-state index contributed by atoms with van der Waals surface area (Å²) in [6, 6.07) is 8.29. The minimum Gasteiger partial charge on any atom is -0.460 e. The van der Waals surface area contributed by atoms with Crippen molar-refractivity contribution in [3.63, 3.8) is 0 Å². The number of nitriles is 1. The Bertz CT molecular complexity index is 1630. The normalized spacial score (nSPS) is 20.8. The molecule has 2 aliphatic heterocycles. The van der Waals surface area contributed by atoms with Gasteiger partial charge in [0.2, 0.25) is 17.7 Å². The van der Waals surface area contributed by atoms with Gasteiger partial charge in [-0.05, 0) is 69.7 Å². The van der Waals surface area contributed by atoms with E-state index >= 15 is 0 Å². The van der Waals surface area contributed by atoms with Gasteiger partial charge in [-0.1, -0.05) is 32.0 Å². The van der Waals surface area contributed by atoms with E-state index in [2.05, 4.69) is 11.4 Å². The standard InChI is InChI=1S/C35H41F3N4O5/c1-20(2)12-28(30(44)42-19-35(16-22(42)18-39)23-10-8-9-11-27(23)40-31(35)45)41(7)29(43)17-34(6,32(46)47-33(3,4)5)15-21-13-25(37)26(38)14-24(21)36/h8-11,13-14,20,22,28H,12,15-17,19H2,1-7H3,(H,40,45)/t22-,28-,34-,35-/m0/s1. The number of nitrogens with zero attached hydrogens (tertiary/aromatic N) is 3. The van der Waals surface area contributed by atoms with E-state index in [9.17, 15) is 37.6 Å². The molecule has 1 N–H and O–H groups in total. The number of hydrogen-bond acceptors (Lipinski definition) is 6. The summed E-state index contributed by atoms with van der Waals surface area (Å²) in [6.07, 6.45) is -0.764. The smallest absolute Gasteiger partial charge is 0.313 e. The zero-order chi connectivity index (χ0) is 35.1. The zero-order valence-corrected chi connectivity index (χ0v) is 27.7. The van der Waals surface area contributed by atoms with Crippen LogP contribution in [-0.4, -0.2) is 64.8 Å². The van der Waals surface area contributed by atoms with Crippen LogP contribution in [0.3, 0.4) is 0 Å². The van der Waals surface area contributed by atoms with E-state index in [0.29, 0.717) is 23.4 Å². The molecule has 1 spiro atoms. The second-order valence-electron chi connectivity index (χ2n) is 14.3. The fraction of sp³-hybridized carbons (Fsp3) is 0.514. The Morgan fingerprint density at radius 1 is 1.11 bits per heavy atom. The Labute approximate surface area is 273 Å². The first-order valence-corrected chi connectivity index (χ1v) is 15.6. The SMILES string of the molecule is CC(C)C[C@@H](C(=O)N1C[C@]2(C[C@H]1C#N)C(=O)Nc1ccccc12)N(C)C(=O)C[C@](C)(Cc1cc(F)c(F)cc1F)C(=O)OC(C)(C)C. The summed E-state index contributed by atoms with van der Waals surface area (Å²) >= 11 is 0. The van der Waals surface area contributed by atoms with Gasteiger partial charge in [-0.3, -0.25) is 19.2 Å². The molecule has 4 rings (SSSR count). The van der Waals surface area contributed by atoms with Crippen molar-refractivity contribution in [3.05, 3.63) is 65.0 Å². The Hall–Kier alpha value is -4.40. The number of carbonyl (C=O) groups is 4. The second-order valence-corrected chi connectivity index (χ2v) is 14.3. The van der Waals surface area contributed by atoms with Gasteiger partial charge in [0.05, 0.1) is 16.9 Å². The number of likely N-dealkylation sites (tertiary alicyclic amines) is 1. The molecular weight excluding hydrogens is 613 g/mol. The Morgan fingerprint density at radius 2 is 1.74 bits per heavy atom. The third kappa shape index (κ3) is 7.14. The maximum atomic E-state index is 14.8. The molecular formula is C35H41F3N4O5. The minimum absolute atomic E-state index is 0.0609. The lowest BCUT2D eigenvalue weighted by Crippen LogP contribution is -2.53. The number of fused-ring (bicyclic) bond motifs is 2. The largest absolute Gasteiger partial charge is 0.460 e. The number of hydrogen-bond donors (Lipinski definition) is 1. The van der Waals surface area contributed by atoms with Gasteiger partial charge in [-0.2, -0.15) is 5.26 Å². The highest BCUT2D eigenvalue weighted by molar-refractivity contribution is 6.07. The third-order valence-corrected chi connectivity index (χ3v) is 8.86. The second kappa shape index (κ2) is 13.0. The van der Waals surface area contributed by atoms with Crippen molar-refractivity contribution >= 4 is 29.4 Å². The van der Waals surface area contributed by atoms with E-state index in [1.54, 1.807) is 45.0 Å². The van der Waals surface area contributed by atoms with Crippen LogP contribution in [0.25, 0.3) is 0 Å². The van der Waals surface area contributed by atoms with Crippen molar-refractivity contribution in [1.82, 2.24) is 9.80 Å². The lowest BCUT2D eigenvalue weighted by molar-refractivity contribution is -0.169. The number of esters is 1. The molecule has 3 amide bonds. The van der Waals surface area contributed by atoms with Crippen LogP contribution in [0.4, 0.5) is 18.9 Å². The summed E-state index contributed by atoms with van der Waals surface area (Å²) in [5.41, 5.74) is -2.86. The van der Waals surface area contributed by atoms with Crippen LogP contribution < -0.4 is 5.32 Å². The number of ether oxygens (including phenoxy) is 1. The summed E-state index contributed by atoms with van der Waals surface area (Å²) in [5, 5.41) is 12.9. The first kappa shape index (κ1) is 35.5. The molecule has 12 heteroatoms. The summed E-state index contributed by atoms with van der Waals surface area (Å²) in [7, 11) is 1.41. The van der Waals surface area contributed by atoms with Crippen LogP contribution in [0.2, 0.25) is 0 Å². The van der Waals surface area contributed by atoms with Crippen molar-refractivity contribution in [2.75, 3.05) is 18.9 Å². The van der Waals surface area contributed by atoms with Gasteiger partial charge in [0, 0.05) is 38.2 Å². The molecule has 2 aromatic carbocycles. The van der Waals surface area contributed by atoms with Crippen molar-refractivity contribution < 1.29 is 37.1 Å². The summed E-state index contributed by atoms with van der Waals surface area (Å²) in [6.45, 7) is 9.89. The molecule has 47 heavy (non-hydrogen) atoms. The molecule has 4 atom stereocenters. The van der Waals surface area contributed by atoms with E-state index in [0.717, 1.165) is 0 Å². The molecule has 0 bridgehead atoms. The predicted molar refractivity (Wildman–Crippen MR) is 167 cm³/mol. The van der Waals surface area contributed by atoms with Gasteiger partial charge < -0.3 is 19.9 Å². The predicted octanol–water partition coefficient (Wildman–Crippen LogP) is 5.27. The summed E-state index contributed by atoms with van der Waals surface area (Å²) < 4.78 is 48.1. The maximum Gasteiger partial charge on any atom is 0.313 e. The van der Waals surface area contributed by atoms with Crippen LogP contribution >= 0.6 is 0 Å². The molecule has 0 aliphatic carbocycles. The number of nitrogens with one attached hydrogen (secondary N) is 1. The van der Waals surface area contributed by atoms with Gasteiger partial charge in [0.25, 0.3) is 0 Å². The average molecular weight is 655 g/mol. The van der Waals surface area contributed by atoms with Gasteiger partial charge in [0.15, 0.2) is 11.6 Å². The molecule has 252 valence electrons. The summed E-state index contributed by atoms with van der Waals surface area (Å²) in [4.78, 5) is 57.6. The molecule has 2 heterocycles. The van der Waals surface area contributed by atoms with E-state index in [1.165, 1.54) is 23.8 Å². The number of anilines is 1. The highest BCUT2D eigenvalue weighted by Gasteiger charge is 2.57. The van der Waals surface area contributed by atoms with Gasteiger partial charge in [0.1, 0.15) is 23.5 Å². The lowest BCUT2D eigenvalue weighted by Gasteiger charge is -2.36. The quantitative estimate of drug-likeness (QED) is 0.291. The Kier molecular flexibility index (Phi) is 9.81. The number of likely N-dealkylation sites (N-methyl/N-ethyl adjacent to an activating group) is 1. The van der Waals surface area contributed by atoms with Gasteiger partial charge >= 0.3 is 5.97 Å². The van der Waals surface area contributed by atoms with Crippen LogP contribution in [0.15, 0.2) is 36.4 Å².